The molecule has 156 valence electrons. The van der Waals surface area contributed by atoms with Gasteiger partial charge in [0.05, 0.1) is 28.5 Å². The minimum absolute atomic E-state index is 0.0563. The van der Waals surface area contributed by atoms with E-state index in [0.717, 1.165) is 16.5 Å². The molecule has 0 radical (unpaired) electrons. The average Bonchev–Trinajstić information content (AvgIpc) is 2.71. The molecule has 3 rings (SSSR count). The summed E-state index contributed by atoms with van der Waals surface area (Å²) in [6.45, 7) is 1.93. The lowest BCUT2D eigenvalue weighted by Crippen LogP contribution is -2.37. The number of nitrogens with zero attached hydrogens (tertiary/aromatic N) is 3. The molecule has 0 aliphatic carbocycles. The minimum Gasteiger partial charge on any atom is -0.277 e. The fourth-order valence-electron chi connectivity index (χ4n) is 2.45. The second-order valence-corrected chi connectivity index (χ2v) is 7.67. The molecule has 1 aromatic carbocycles. The van der Waals surface area contributed by atoms with Gasteiger partial charge in [-0.3, -0.25) is 9.78 Å². The van der Waals surface area contributed by atoms with Gasteiger partial charge in [-0.15, -0.1) is 0 Å². The first-order valence-corrected chi connectivity index (χ1v) is 9.86. The molecule has 0 aliphatic rings. The van der Waals surface area contributed by atoms with Crippen molar-refractivity contribution in [1.82, 2.24) is 15.4 Å². The molecule has 5 nitrogen and oxygen atoms in total. The number of amides is 1. The topological polar surface area (TPSA) is 58.1 Å². The molecule has 2 aromatic heterocycles. The van der Waals surface area contributed by atoms with Crippen molar-refractivity contribution in [2.75, 3.05) is 5.01 Å². The average molecular weight is 453 g/mol. The second-order valence-electron chi connectivity index (χ2n) is 6.20. The molecule has 1 N–H and O–H groups in total. The molecule has 1 amide bonds. The number of hydrazine groups is 1. The van der Waals surface area contributed by atoms with Gasteiger partial charge < -0.3 is 0 Å². The van der Waals surface area contributed by atoms with Crippen molar-refractivity contribution in [3.63, 3.8) is 0 Å². The summed E-state index contributed by atoms with van der Waals surface area (Å²) in [6.07, 6.45) is -1.67. The number of carbonyl (C=O) groups is 1. The van der Waals surface area contributed by atoms with Crippen molar-refractivity contribution >= 4 is 35.5 Å². The largest absolute Gasteiger partial charge is 0.417 e. The van der Waals surface area contributed by atoms with E-state index in [1.807, 2.05) is 31.2 Å². The van der Waals surface area contributed by atoms with Gasteiger partial charge in [-0.25, -0.2) is 15.4 Å². The van der Waals surface area contributed by atoms with Gasteiger partial charge in [0.2, 0.25) is 6.41 Å². The van der Waals surface area contributed by atoms with Crippen LogP contribution >= 0.6 is 23.4 Å². The van der Waals surface area contributed by atoms with Crippen LogP contribution in [-0.2, 0) is 17.5 Å². The third-order valence-electron chi connectivity index (χ3n) is 4.01. The summed E-state index contributed by atoms with van der Waals surface area (Å²) in [4.78, 5) is 20.7. The van der Waals surface area contributed by atoms with Crippen LogP contribution in [0.15, 0.2) is 64.8 Å². The molecule has 0 atom stereocenters. The number of carbonyl (C=O) groups excluding carboxylic acids is 1. The van der Waals surface area contributed by atoms with Gasteiger partial charge >= 0.3 is 6.18 Å². The van der Waals surface area contributed by atoms with Crippen LogP contribution in [0.1, 0.15) is 16.8 Å². The number of hydrogen-bond acceptors (Lipinski definition) is 5. The molecule has 2 heterocycles. The Morgan fingerprint density at radius 3 is 2.57 bits per heavy atom. The highest BCUT2D eigenvalue weighted by molar-refractivity contribution is 7.99. The van der Waals surface area contributed by atoms with Crippen LogP contribution in [0.2, 0.25) is 5.02 Å². The Bertz CT molecular complexity index is 1030. The molecule has 0 fully saturated rings. The van der Waals surface area contributed by atoms with Gasteiger partial charge in [0.1, 0.15) is 5.03 Å². The molecule has 3 aromatic rings. The van der Waals surface area contributed by atoms with Crippen LogP contribution in [0.3, 0.4) is 0 Å². The Labute approximate surface area is 180 Å². The standard InChI is InChI=1S/C20H16ClF3N4OS/c1-13-4-6-15(7-5-13)30-19-18(3-2-8-25-19)28(12-29)27-11-17-16(21)9-14(10-26-17)20(22,23)24/h2-10,12,27H,11H2,1H3. The summed E-state index contributed by atoms with van der Waals surface area (Å²) >= 11 is 7.31. The molecule has 30 heavy (non-hydrogen) atoms. The molecule has 0 saturated heterocycles. The predicted molar refractivity (Wildman–Crippen MR) is 109 cm³/mol. The number of hydrogen-bond donors (Lipinski definition) is 1. The Morgan fingerprint density at radius 1 is 1.20 bits per heavy atom. The van der Waals surface area contributed by atoms with E-state index in [1.165, 1.54) is 16.8 Å². The van der Waals surface area contributed by atoms with Crippen molar-refractivity contribution in [3.8, 4) is 0 Å². The Morgan fingerprint density at radius 2 is 1.93 bits per heavy atom. The number of anilines is 1. The summed E-state index contributed by atoms with van der Waals surface area (Å²) in [6, 6.07) is 12.0. The summed E-state index contributed by atoms with van der Waals surface area (Å²) in [5.74, 6) is 0. The highest BCUT2D eigenvalue weighted by atomic mass is 35.5. The lowest BCUT2D eigenvalue weighted by Gasteiger charge is -2.21. The zero-order valence-electron chi connectivity index (χ0n) is 15.7. The van der Waals surface area contributed by atoms with Crippen molar-refractivity contribution in [2.45, 2.75) is 29.6 Å². The highest BCUT2D eigenvalue weighted by Crippen LogP contribution is 2.33. The van der Waals surface area contributed by atoms with Crippen molar-refractivity contribution < 1.29 is 18.0 Å². The Balaban J connectivity index is 1.77. The third kappa shape index (κ3) is 5.50. The molecule has 10 heteroatoms. The van der Waals surface area contributed by atoms with E-state index in [-0.39, 0.29) is 17.3 Å². The zero-order chi connectivity index (χ0) is 21.7. The van der Waals surface area contributed by atoms with Gasteiger partial charge in [0.15, 0.2) is 0 Å². The fraction of sp³-hybridized carbons (Fsp3) is 0.150. The second kappa shape index (κ2) is 9.46. The quantitative estimate of drug-likeness (QED) is 0.390. The van der Waals surface area contributed by atoms with Gasteiger partial charge in [0.25, 0.3) is 0 Å². The van der Waals surface area contributed by atoms with Gasteiger partial charge in [-0.1, -0.05) is 41.1 Å². The summed E-state index contributed by atoms with van der Waals surface area (Å²) in [5.41, 5.74) is 3.67. The van der Waals surface area contributed by atoms with Crippen LogP contribution in [0.5, 0.6) is 0 Å². The van der Waals surface area contributed by atoms with Gasteiger partial charge in [-0.05, 0) is 37.3 Å². The van der Waals surface area contributed by atoms with E-state index in [9.17, 15) is 18.0 Å². The Hall–Kier alpha value is -2.62. The zero-order valence-corrected chi connectivity index (χ0v) is 17.2. The van der Waals surface area contributed by atoms with Crippen molar-refractivity contribution in [1.29, 1.82) is 0 Å². The van der Waals surface area contributed by atoms with E-state index in [1.54, 1.807) is 18.3 Å². The van der Waals surface area contributed by atoms with Crippen LogP contribution in [-0.4, -0.2) is 16.4 Å². The van der Waals surface area contributed by atoms with Crippen LogP contribution < -0.4 is 10.4 Å². The summed E-state index contributed by atoms with van der Waals surface area (Å²) < 4.78 is 38.3. The third-order valence-corrected chi connectivity index (χ3v) is 5.36. The van der Waals surface area contributed by atoms with E-state index < -0.39 is 11.7 Å². The SMILES string of the molecule is Cc1ccc(Sc2ncccc2N(C=O)NCc2ncc(C(F)(F)F)cc2Cl)cc1. The lowest BCUT2D eigenvalue weighted by molar-refractivity contribution is -0.137. The molecule has 0 bridgehead atoms. The van der Waals surface area contributed by atoms with Gasteiger partial charge in [-0.2, -0.15) is 13.2 Å². The number of pyridine rings is 2. The van der Waals surface area contributed by atoms with Crippen LogP contribution in [0.4, 0.5) is 18.9 Å². The Kier molecular flexibility index (Phi) is 6.96. The summed E-state index contributed by atoms with van der Waals surface area (Å²) in [5, 5.41) is 1.62. The first kappa shape index (κ1) is 22.1. The highest BCUT2D eigenvalue weighted by Gasteiger charge is 2.31. The van der Waals surface area contributed by atoms with Crippen LogP contribution in [0, 0.1) is 6.92 Å². The number of nitrogens with one attached hydrogen (secondary N) is 1. The maximum absolute atomic E-state index is 12.8. The van der Waals surface area contributed by atoms with Crippen molar-refractivity contribution in [3.05, 3.63) is 76.7 Å². The lowest BCUT2D eigenvalue weighted by atomic mass is 10.2. The minimum atomic E-state index is -4.53. The number of aromatic nitrogens is 2. The molecule has 0 saturated carbocycles. The molecular weight excluding hydrogens is 437 g/mol. The molecule has 0 unspecified atom stereocenters. The van der Waals surface area contributed by atoms with E-state index in [0.29, 0.717) is 23.3 Å². The molecule has 0 spiro atoms. The maximum atomic E-state index is 12.8. The van der Waals surface area contributed by atoms with E-state index in [4.69, 9.17) is 11.6 Å². The normalized spacial score (nSPS) is 11.4. The number of rotatable bonds is 7. The predicted octanol–water partition coefficient (Wildman–Crippen LogP) is 5.28. The number of aryl methyl sites for hydroxylation is 1. The smallest absolute Gasteiger partial charge is 0.277 e. The number of alkyl halides is 3. The number of benzene rings is 1. The molecular formula is C20H16ClF3N4OS. The van der Waals surface area contributed by atoms with E-state index >= 15 is 0 Å². The van der Waals surface area contributed by atoms with E-state index in [2.05, 4.69) is 15.4 Å². The van der Waals surface area contributed by atoms with Crippen LogP contribution in [0.25, 0.3) is 0 Å². The molecule has 0 aliphatic heterocycles. The monoisotopic (exact) mass is 452 g/mol. The fourth-order valence-corrected chi connectivity index (χ4v) is 3.57. The van der Waals surface area contributed by atoms with Gasteiger partial charge in [0, 0.05) is 17.3 Å². The van der Waals surface area contributed by atoms with Crippen molar-refractivity contribution in [2.24, 2.45) is 0 Å². The summed E-state index contributed by atoms with van der Waals surface area (Å²) in [7, 11) is 0. The number of halogens is 4. The first-order valence-electron chi connectivity index (χ1n) is 8.67. The first-order chi connectivity index (χ1) is 14.3. The maximum Gasteiger partial charge on any atom is 0.417 e.